The van der Waals surface area contributed by atoms with Gasteiger partial charge in [0.05, 0.1) is 25.2 Å². The fraction of sp³-hybridized carbons (Fsp3) is 0.818. The van der Waals surface area contributed by atoms with Gasteiger partial charge < -0.3 is 9.90 Å². The maximum atomic E-state index is 14.5. The van der Waals surface area contributed by atoms with Crippen LogP contribution in [0.4, 0.5) is 0 Å². The van der Waals surface area contributed by atoms with E-state index in [0.29, 0.717) is 12.2 Å². The Hall–Kier alpha value is -1.98. The van der Waals surface area contributed by atoms with Crippen molar-refractivity contribution in [3.8, 4) is 6.07 Å². The molecule has 0 amide bonds. The van der Waals surface area contributed by atoms with Crippen LogP contribution in [0.25, 0.3) is 4.85 Å². The lowest BCUT2D eigenvalue weighted by Gasteiger charge is -2.72. The van der Waals surface area contributed by atoms with Crippen LogP contribution in [0.15, 0.2) is 11.8 Å². The van der Waals surface area contributed by atoms with E-state index in [-0.39, 0.29) is 63.2 Å². The van der Waals surface area contributed by atoms with Gasteiger partial charge in [0, 0.05) is 23.2 Å². The number of hydrogen-bond acceptors (Lipinski definition) is 4. The topological polar surface area (TPSA) is 82.5 Å². The number of ketones is 2. The van der Waals surface area contributed by atoms with E-state index >= 15 is 0 Å². The summed E-state index contributed by atoms with van der Waals surface area (Å²) >= 11 is 0. The molecule has 0 heterocycles. The fourth-order valence-electron chi connectivity index (χ4n) is 11.2. The van der Waals surface area contributed by atoms with Gasteiger partial charge in [0.25, 0.3) is 0 Å². The van der Waals surface area contributed by atoms with Gasteiger partial charge in [-0.3, -0.25) is 4.79 Å². The average molecular weight is 519 g/mol. The van der Waals surface area contributed by atoms with Crippen LogP contribution in [0.3, 0.4) is 0 Å². The van der Waals surface area contributed by atoms with Crippen LogP contribution in [0, 0.1) is 74.1 Å². The zero-order valence-electron chi connectivity index (χ0n) is 24.5. The van der Waals surface area contributed by atoms with Crippen LogP contribution in [0.2, 0.25) is 0 Å². The molecule has 4 fully saturated rings. The maximum absolute atomic E-state index is 14.5. The molecule has 5 nitrogen and oxygen atoms in total. The minimum Gasteiger partial charge on any atom is -0.391 e. The van der Waals surface area contributed by atoms with E-state index in [2.05, 4.69) is 45.5 Å². The van der Waals surface area contributed by atoms with Crippen molar-refractivity contribution in [2.45, 2.75) is 112 Å². The van der Waals surface area contributed by atoms with Crippen molar-refractivity contribution in [3.63, 3.8) is 0 Å². The van der Waals surface area contributed by atoms with Gasteiger partial charge >= 0.3 is 0 Å². The second-order valence-corrected chi connectivity index (χ2v) is 15.8. The minimum absolute atomic E-state index is 0.0526. The molecule has 5 aliphatic carbocycles. The van der Waals surface area contributed by atoms with Crippen molar-refractivity contribution >= 4 is 11.6 Å². The lowest BCUT2D eigenvalue weighted by Crippen LogP contribution is -2.69. The first kappa shape index (κ1) is 27.6. The van der Waals surface area contributed by atoms with Gasteiger partial charge in [-0.15, -0.1) is 0 Å². The smallest absolute Gasteiger partial charge is 0.226 e. The number of allylic oxidation sites excluding steroid dienone is 2. The van der Waals surface area contributed by atoms with Crippen molar-refractivity contribution in [2.24, 2.45) is 56.2 Å². The van der Waals surface area contributed by atoms with Gasteiger partial charge in [-0.25, -0.2) is 4.85 Å². The van der Waals surface area contributed by atoms with Gasteiger partial charge in [-0.1, -0.05) is 54.5 Å². The number of aliphatic hydroxyl groups is 1. The molecule has 0 saturated heterocycles. The predicted molar refractivity (Wildman–Crippen MR) is 146 cm³/mol. The van der Waals surface area contributed by atoms with Crippen molar-refractivity contribution in [3.05, 3.63) is 23.2 Å². The molecule has 5 heteroatoms. The van der Waals surface area contributed by atoms with Crippen molar-refractivity contribution < 1.29 is 14.7 Å². The Balaban J connectivity index is 1.64. The van der Waals surface area contributed by atoms with Crippen LogP contribution >= 0.6 is 0 Å². The first-order valence-electron chi connectivity index (χ1n) is 14.8. The highest BCUT2D eigenvalue weighted by atomic mass is 16.3. The molecule has 0 spiro atoms. The highest BCUT2D eigenvalue weighted by Gasteiger charge is 2.72. The number of nitriles is 1. The Morgan fingerprint density at radius 2 is 1.68 bits per heavy atom. The SMILES string of the molecule is [C-]#[N+]C1=C[C@]2(C)[C@H]3CC(=O)[C@@H]4[C@@H]5CC(C)(C)CC[C@]5(C(O)CC#N)CC[C@@]4(C)[C@]3(C)CC[C@H]2C(C)(C)C1=O. The summed E-state index contributed by atoms with van der Waals surface area (Å²) in [6.45, 7) is 23.3. The zero-order chi connectivity index (χ0) is 28.1. The van der Waals surface area contributed by atoms with Gasteiger partial charge in [-0.2, -0.15) is 5.26 Å². The van der Waals surface area contributed by atoms with E-state index in [4.69, 9.17) is 6.57 Å². The first-order chi connectivity index (χ1) is 17.5. The van der Waals surface area contributed by atoms with Crippen molar-refractivity contribution in [1.82, 2.24) is 0 Å². The molecule has 38 heavy (non-hydrogen) atoms. The Kier molecular flexibility index (Phi) is 6.00. The van der Waals surface area contributed by atoms with E-state index in [1.54, 1.807) is 0 Å². The molecule has 5 rings (SSSR count). The molecule has 0 aliphatic heterocycles. The quantitative estimate of drug-likeness (QED) is 0.403. The number of fused-ring (bicyclic) bond motifs is 7. The van der Waals surface area contributed by atoms with Crippen molar-refractivity contribution in [1.29, 1.82) is 5.26 Å². The second kappa shape index (κ2) is 8.27. The van der Waals surface area contributed by atoms with Gasteiger partial charge in [0.1, 0.15) is 5.78 Å². The Bertz CT molecular complexity index is 1190. The minimum atomic E-state index is -0.695. The third kappa shape index (κ3) is 3.30. The van der Waals surface area contributed by atoms with E-state index in [1.165, 1.54) is 0 Å². The summed E-state index contributed by atoms with van der Waals surface area (Å²) in [5.41, 5.74) is -1.39. The summed E-state index contributed by atoms with van der Waals surface area (Å²) in [4.78, 5) is 31.4. The summed E-state index contributed by atoms with van der Waals surface area (Å²) < 4.78 is 0. The molecule has 1 unspecified atom stereocenters. The average Bonchev–Trinajstić information content (AvgIpc) is 2.82. The third-order valence-electron chi connectivity index (χ3n) is 13.5. The first-order valence-corrected chi connectivity index (χ1v) is 14.8. The van der Waals surface area contributed by atoms with E-state index in [0.717, 1.165) is 44.9 Å². The summed E-state index contributed by atoms with van der Waals surface area (Å²) in [7, 11) is 0. The zero-order valence-corrected chi connectivity index (χ0v) is 24.5. The lowest BCUT2D eigenvalue weighted by molar-refractivity contribution is -0.234. The summed E-state index contributed by atoms with van der Waals surface area (Å²) in [5, 5.41) is 20.9. The second-order valence-electron chi connectivity index (χ2n) is 15.8. The molecular formula is C33H46N2O3. The largest absolute Gasteiger partial charge is 0.391 e. The van der Waals surface area contributed by atoms with Crippen LogP contribution in [0.1, 0.15) is 106 Å². The number of rotatable bonds is 2. The summed E-state index contributed by atoms with van der Waals surface area (Å²) in [5.74, 6) is 0.368. The fourth-order valence-corrected chi connectivity index (χ4v) is 11.2. The number of Topliss-reactive ketones (excluding diaryl/α,β-unsaturated/α-hetero) is 2. The van der Waals surface area contributed by atoms with Gasteiger partial charge in [0.2, 0.25) is 5.70 Å². The highest BCUT2D eigenvalue weighted by Crippen LogP contribution is 2.76. The van der Waals surface area contributed by atoms with Crippen LogP contribution in [0.5, 0.6) is 0 Å². The Morgan fingerprint density at radius 3 is 2.32 bits per heavy atom. The Labute approximate surface area is 229 Å². The molecule has 0 aromatic heterocycles. The third-order valence-corrected chi connectivity index (χ3v) is 13.5. The maximum Gasteiger partial charge on any atom is 0.226 e. The van der Waals surface area contributed by atoms with Gasteiger partial charge in [0.15, 0.2) is 5.78 Å². The molecule has 4 saturated carbocycles. The molecular weight excluding hydrogens is 472 g/mol. The number of nitrogens with zero attached hydrogens (tertiary/aromatic N) is 2. The highest BCUT2D eigenvalue weighted by molar-refractivity contribution is 6.02. The van der Waals surface area contributed by atoms with Crippen LogP contribution in [-0.4, -0.2) is 22.8 Å². The standard InChI is InChI=1S/C33H46N2O3/c1-28(2)12-14-33(25(37)10-16-34)15-13-32(7)26(20(33)18-28)22(36)17-24-30(5)19-21(35-8)27(38)29(3,4)23(30)9-11-31(24,32)6/h19-20,23-26,37H,9-15,17-18H2,1-7H3/t20-,23-,24+,25?,26-,30-,31+,32+,33-/m0/s1. The number of carbonyl (C=O) groups excluding carboxylic acids is 2. The monoisotopic (exact) mass is 518 g/mol. The molecule has 0 radical (unpaired) electrons. The normalized spacial score (nSPS) is 47.7. The van der Waals surface area contributed by atoms with E-state index in [1.807, 2.05) is 19.9 Å². The van der Waals surface area contributed by atoms with E-state index < -0.39 is 16.9 Å². The summed E-state index contributed by atoms with van der Waals surface area (Å²) in [6, 6.07) is 2.22. The van der Waals surface area contributed by atoms with Crippen molar-refractivity contribution in [2.75, 3.05) is 0 Å². The van der Waals surface area contributed by atoms with Gasteiger partial charge in [-0.05, 0) is 84.4 Å². The molecule has 5 aliphatic rings. The number of carbonyl (C=O) groups is 2. The lowest BCUT2D eigenvalue weighted by atomic mass is 9.31. The molecule has 0 aromatic carbocycles. The van der Waals surface area contributed by atoms with E-state index in [9.17, 15) is 20.0 Å². The summed E-state index contributed by atoms with van der Waals surface area (Å²) in [6.07, 6.45) is 8.27. The number of aliphatic hydroxyl groups excluding tert-OH is 1. The molecule has 0 bridgehead atoms. The number of hydrogen-bond donors (Lipinski definition) is 1. The van der Waals surface area contributed by atoms with Crippen LogP contribution < -0.4 is 0 Å². The molecule has 9 atom stereocenters. The molecule has 1 N–H and O–H groups in total. The Morgan fingerprint density at radius 1 is 1.03 bits per heavy atom. The van der Waals surface area contributed by atoms with Crippen LogP contribution in [-0.2, 0) is 9.59 Å². The predicted octanol–water partition coefficient (Wildman–Crippen LogP) is 6.91. The molecule has 0 aromatic rings. The molecule has 206 valence electrons.